The van der Waals surface area contributed by atoms with Crippen LogP contribution in [0.25, 0.3) is 5.57 Å². The number of benzene rings is 1. The first kappa shape index (κ1) is 34.5. The fourth-order valence-electron chi connectivity index (χ4n) is 13.2. The summed E-state index contributed by atoms with van der Waals surface area (Å²) in [6.45, 7) is 21.3. The van der Waals surface area contributed by atoms with Crippen molar-refractivity contribution in [2.45, 2.75) is 99.3 Å². The van der Waals surface area contributed by atoms with E-state index in [4.69, 9.17) is 0 Å². The van der Waals surface area contributed by atoms with E-state index in [2.05, 4.69) is 78.1 Å². The number of amides is 1. The standard InChI is InChI=1S/C42H62N2O3/c1-27(2)30-17-22-42(37(47)44(10)26-25-43(8)9)24-23-40(6)32(35(30)42)15-16-34-39(5)20-18-31(28-11-13-29(14-12-28)36(45)46)38(3,4)33(39)19-21-41(34,40)7/h11-14,18,30,32-35H,1,15-17,19-26H2,2-10H3,(H,45,46). The van der Waals surface area contributed by atoms with Crippen LogP contribution in [0.3, 0.4) is 0 Å². The molecule has 47 heavy (non-hydrogen) atoms. The summed E-state index contributed by atoms with van der Waals surface area (Å²) < 4.78 is 0. The number of nitrogens with zero attached hydrogens (tertiary/aromatic N) is 2. The lowest BCUT2D eigenvalue weighted by Crippen LogP contribution is -2.66. The van der Waals surface area contributed by atoms with Crippen LogP contribution in [0.4, 0.5) is 0 Å². The maximum absolute atomic E-state index is 14.6. The Kier molecular flexibility index (Phi) is 8.50. The van der Waals surface area contributed by atoms with Crippen molar-refractivity contribution in [1.82, 2.24) is 9.80 Å². The van der Waals surface area contributed by atoms with Gasteiger partial charge >= 0.3 is 5.97 Å². The minimum absolute atomic E-state index is 0.00138. The van der Waals surface area contributed by atoms with E-state index in [9.17, 15) is 14.7 Å². The number of rotatable bonds is 7. The minimum atomic E-state index is -0.871. The Morgan fingerprint density at radius 1 is 0.851 bits per heavy atom. The normalized spacial score (nSPS) is 40.4. The number of likely N-dealkylation sites (N-methyl/N-ethyl adjacent to an activating group) is 2. The molecule has 6 rings (SSSR count). The molecule has 1 amide bonds. The van der Waals surface area contributed by atoms with Crippen molar-refractivity contribution in [3.05, 3.63) is 53.6 Å². The second-order valence-electron chi connectivity index (χ2n) is 18.3. The lowest BCUT2D eigenvalue weighted by molar-refractivity contribution is -0.226. The van der Waals surface area contributed by atoms with Gasteiger partial charge in [-0.3, -0.25) is 4.79 Å². The third kappa shape index (κ3) is 4.94. The summed E-state index contributed by atoms with van der Waals surface area (Å²) in [4.78, 5) is 30.4. The van der Waals surface area contributed by atoms with Crippen LogP contribution in [-0.2, 0) is 4.79 Å². The van der Waals surface area contributed by atoms with Crippen LogP contribution in [-0.4, -0.2) is 61.0 Å². The van der Waals surface area contributed by atoms with E-state index in [-0.39, 0.29) is 27.1 Å². The van der Waals surface area contributed by atoms with Gasteiger partial charge in [-0.2, -0.15) is 0 Å². The van der Waals surface area contributed by atoms with E-state index in [1.54, 1.807) is 12.1 Å². The zero-order valence-electron chi connectivity index (χ0n) is 30.9. The average molecular weight is 643 g/mol. The van der Waals surface area contributed by atoms with E-state index < -0.39 is 5.97 Å². The van der Waals surface area contributed by atoms with Gasteiger partial charge in [-0.1, -0.05) is 65.0 Å². The Morgan fingerprint density at radius 3 is 2.15 bits per heavy atom. The van der Waals surface area contributed by atoms with Crippen LogP contribution in [0, 0.1) is 56.7 Å². The number of carboxylic acid groups (broad SMARTS) is 1. The maximum atomic E-state index is 14.6. The molecule has 1 aromatic rings. The number of carbonyl (C=O) groups excluding carboxylic acids is 1. The summed E-state index contributed by atoms with van der Waals surface area (Å²) in [5.41, 5.74) is 4.56. The molecule has 0 spiro atoms. The summed E-state index contributed by atoms with van der Waals surface area (Å²) in [5, 5.41) is 9.47. The Balaban J connectivity index is 1.34. The van der Waals surface area contributed by atoms with Crippen LogP contribution >= 0.6 is 0 Å². The van der Waals surface area contributed by atoms with Crippen LogP contribution < -0.4 is 0 Å². The molecule has 4 saturated carbocycles. The third-order valence-corrected chi connectivity index (χ3v) is 15.7. The monoisotopic (exact) mass is 642 g/mol. The molecule has 9 unspecified atom stereocenters. The van der Waals surface area contributed by atoms with Crippen molar-refractivity contribution >= 4 is 17.4 Å². The molecule has 0 saturated heterocycles. The highest BCUT2D eigenvalue weighted by atomic mass is 16.4. The third-order valence-electron chi connectivity index (χ3n) is 15.7. The van der Waals surface area contributed by atoms with Gasteiger partial charge in [0.05, 0.1) is 11.0 Å². The van der Waals surface area contributed by atoms with Gasteiger partial charge in [0.2, 0.25) is 5.91 Å². The Labute approximate surface area is 285 Å². The van der Waals surface area contributed by atoms with Crippen LogP contribution in [0.15, 0.2) is 42.5 Å². The fraction of sp³-hybridized carbons (Fsp3) is 0.714. The van der Waals surface area contributed by atoms with E-state index in [1.807, 2.05) is 19.2 Å². The van der Waals surface area contributed by atoms with E-state index in [1.165, 1.54) is 42.4 Å². The van der Waals surface area contributed by atoms with Gasteiger partial charge < -0.3 is 14.9 Å². The molecule has 0 aliphatic heterocycles. The Bertz CT molecular complexity index is 1460. The second kappa shape index (κ2) is 11.6. The van der Waals surface area contributed by atoms with Crippen molar-refractivity contribution < 1.29 is 14.7 Å². The number of hydrogen-bond donors (Lipinski definition) is 1. The molecular weight excluding hydrogens is 580 g/mol. The van der Waals surface area contributed by atoms with Crippen LogP contribution in [0.2, 0.25) is 0 Å². The molecule has 0 radical (unpaired) electrons. The second-order valence-corrected chi connectivity index (χ2v) is 18.3. The molecule has 5 aliphatic carbocycles. The number of aromatic carboxylic acids is 1. The number of carboxylic acids is 1. The molecule has 4 fully saturated rings. The van der Waals surface area contributed by atoms with E-state index in [0.717, 1.165) is 45.2 Å². The van der Waals surface area contributed by atoms with Gasteiger partial charge in [0.15, 0.2) is 0 Å². The van der Waals surface area contributed by atoms with Crippen molar-refractivity contribution in [3.8, 4) is 0 Å². The smallest absolute Gasteiger partial charge is 0.335 e. The van der Waals surface area contributed by atoms with Crippen LogP contribution in [0.1, 0.15) is 115 Å². The zero-order valence-corrected chi connectivity index (χ0v) is 30.9. The quantitative estimate of drug-likeness (QED) is 0.302. The van der Waals surface area contributed by atoms with Crippen molar-refractivity contribution in [1.29, 1.82) is 0 Å². The van der Waals surface area contributed by atoms with Crippen molar-refractivity contribution in [3.63, 3.8) is 0 Å². The first-order chi connectivity index (χ1) is 21.9. The molecule has 0 aromatic heterocycles. The summed E-state index contributed by atoms with van der Waals surface area (Å²) in [6.07, 6.45) is 12.8. The molecule has 5 heteroatoms. The first-order valence-corrected chi connectivity index (χ1v) is 18.5. The number of fused-ring (bicyclic) bond motifs is 7. The molecule has 1 aromatic carbocycles. The Hall–Kier alpha value is -2.40. The lowest BCUT2D eigenvalue weighted by atomic mass is 9.32. The fourth-order valence-corrected chi connectivity index (χ4v) is 13.2. The first-order valence-electron chi connectivity index (χ1n) is 18.5. The molecule has 258 valence electrons. The van der Waals surface area contributed by atoms with Gasteiger partial charge in [-0.25, -0.2) is 4.79 Å². The van der Waals surface area contributed by atoms with E-state index in [0.29, 0.717) is 41.1 Å². The molecule has 5 aliphatic rings. The largest absolute Gasteiger partial charge is 0.478 e. The van der Waals surface area contributed by atoms with Gasteiger partial charge in [0.1, 0.15) is 0 Å². The topological polar surface area (TPSA) is 60.9 Å². The molecule has 9 atom stereocenters. The van der Waals surface area contributed by atoms with E-state index >= 15 is 0 Å². The summed E-state index contributed by atoms with van der Waals surface area (Å²) in [5.74, 6) is 2.10. The number of allylic oxidation sites excluding steroid dienone is 3. The molecule has 5 nitrogen and oxygen atoms in total. The van der Waals surface area contributed by atoms with Crippen molar-refractivity contribution in [2.75, 3.05) is 34.2 Å². The maximum Gasteiger partial charge on any atom is 0.335 e. The highest BCUT2D eigenvalue weighted by Crippen LogP contribution is 2.77. The predicted octanol–water partition coefficient (Wildman–Crippen LogP) is 9.06. The highest BCUT2D eigenvalue weighted by molar-refractivity contribution is 5.88. The summed E-state index contributed by atoms with van der Waals surface area (Å²) in [6, 6.07) is 7.56. The Morgan fingerprint density at radius 2 is 1.53 bits per heavy atom. The van der Waals surface area contributed by atoms with Crippen LogP contribution in [0.5, 0.6) is 0 Å². The summed E-state index contributed by atoms with van der Waals surface area (Å²) >= 11 is 0. The molecule has 1 N–H and O–H groups in total. The van der Waals surface area contributed by atoms with Gasteiger partial charge in [-0.05, 0) is 153 Å². The number of carbonyl (C=O) groups is 2. The van der Waals surface area contributed by atoms with Gasteiger partial charge in [0.25, 0.3) is 0 Å². The zero-order chi connectivity index (χ0) is 34.3. The molecular formula is C42H62N2O3. The predicted molar refractivity (Wildman–Crippen MR) is 192 cm³/mol. The highest BCUT2D eigenvalue weighted by Gasteiger charge is 2.71. The number of hydrogen-bond acceptors (Lipinski definition) is 3. The average Bonchev–Trinajstić information content (AvgIpc) is 3.41. The molecule has 0 heterocycles. The van der Waals surface area contributed by atoms with Crippen molar-refractivity contribution in [2.24, 2.45) is 56.7 Å². The minimum Gasteiger partial charge on any atom is -0.478 e. The lowest BCUT2D eigenvalue weighted by Gasteiger charge is -2.72. The van der Waals surface area contributed by atoms with Gasteiger partial charge in [-0.15, -0.1) is 0 Å². The summed E-state index contributed by atoms with van der Waals surface area (Å²) in [7, 11) is 6.23. The van der Waals surface area contributed by atoms with Gasteiger partial charge in [0, 0.05) is 20.1 Å². The molecule has 0 bridgehead atoms. The SMILES string of the molecule is C=C(C)C1CCC2(C(=O)N(C)CCN(C)C)CCC3(C)C(CCC4C5(C)CC=C(c6ccc(C(=O)O)cc6)C(C)(C)C5CCC43C)C12.